The largest absolute Gasteiger partial charge is 0.454 e. The summed E-state index contributed by atoms with van der Waals surface area (Å²) in [6.45, 7) is 0.721. The lowest BCUT2D eigenvalue weighted by atomic mass is 10.2. The minimum atomic E-state index is -0.826. The van der Waals surface area contributed by atoms with E-state index in [0.29, 0.717) is 16.3 Å². The molecule has 2 rings (SSSR count). The average molecular weight is 379 g/mol. The minimum absolute atomic E-state index is 0.186. The van der Waals surface area contributed by atoms with E-state index >= 15 is 0 Å². The molecule has 0 aliphatic carbocycles. The lowest BCUT2D eigenvalue weighted by molar-refractivity contribution is -0.146. The number of carbonyl (C=O) groups is 3. The molecule has 0 bridgehead atoms. The second-order valence-electron chi connectivity index (χ2n) is 5.28. The topological polar surface area (TPSA) is 84.5 Å². The van der Waals surface area contributed by atoms with Crippen molar-refractivity contribution in [1.82, 2.24) is 5.32 Å². The monoisotopic (exact) mass is 378 g/mol. The van der Waals surface area contributed by atoms with Crippen LogP contribution >= 0.6 is 11.6 Å². The van der Waals surface area contributed by atoms with Gasteiger partial charge in [0, 0.05) is 10.7 Å². The van der Waals surface area contributed by atoms with Crippen LogP contribution in [0.25, 0.3) is 0 Å². The van der Waals surface area contributed by atoms with E-state index in [1.807, 2.05) is 0 Å². The molecule has 0 fully saturated rings. The van der Waals surface area contributed by atoms with Crippen molar-refractivity contribution in [1.29, 1.82) is 0 Å². The highest BCUT2D eigenvalue weighted by molar-refractivity contribution is 6.31. The van der Waals surface area contributed by atoms with Gasteiger partial charge in [-0.05, 0) is 36.8 Å². The molecule has 8 heteroatoms. The molecular formula is C18H16ClFN2O4. The molecule has 0 unspecified atom stereocenters. The fraction of sp³-hybridized carbons (Fsp3) is 0.167. The third-order valence-corrected chi connectivity index (χ3v) is 3.83. The number of nitrogens with one attached hydrogen (secondary N) is 2. The summed E-state index contributed by atoms with van der Waals surface area (Å²) < 4.78 is 18.2. The van der Waals surface area contributed by atoms with Gasteiger partial charge in [0.05, 0.1) is 5.56 Å². The quantitative estimate of drug-likeness (QED) is 0.757. The lowest BCUT2D eigenvalue weighted by Crippen LogP contribution is -2.32. The SMILES string of the molecule is Cc1c(Cl)cccc1NC(=O)COC(=O)CNC(=O)c1ccccc1F. The van der Waals surface area contributed by atoms with Gasteiger partial charge in [0.2, 0.25) is 0 Å². The number of amides is 2. The van der Waals surface area contributed by atoms with Gasteiger partial charge >= 0.3 is 5.97 Å². The highest BCUT2D eigenvalue weighted by atomic mass is 35.5. The van der Waals surface area contributed by atoms with E-state index in [1.165, 1.54) is 18.2 Å². The fourth-order valence-electron chi connectivity index (χ4n) is 2.02. The van der Waals surface area contributed by atoms with Crippen molar-refractivity contribution in [2.45, 2.75) is 6.92 Å². The van der Waals surface area contributed by atoms with E-state index in [2.05, 4.69) is 10.6 Å². The predicted octanol–water partition coefficient (Wildman–Crippen LogP) is 2.70. The summed E-state index contributed by atoms with van der Waals surface area (Å²) in [7, 11) is 0. The lowest BCUT2D eigenvalue weighted by Gasteiger charge is -2.10. The van der Waals surface area contributed by atoms with Crippen molar-refractivity contribution in [3.63, 3.8) is 0 Å². The second kappa shape index (κ2) is 8.96. The molecule has 0 atom stereocenters. The third-order valence-electron chi connectivity index (χ3n) is 3.42. The van der Waals surface area contributed by atoms with Crippen molar-refractivity contribution in [2.24, 2.45) is 0 Å². The van der Waals surface area contributed by atoms with E-state index in [4.69, 9.17) is 16.3 Å². The van der Waals surface area contributed by atoms with Crippen molar-refractivity contribution in [3.05, 3.63) is 64.4 Å². The third kappa shape index (κ3) is 5.29. The van der Waals surface area contributed by atoms with Crippen LogP contribution in [0.3, 0.4) is 0 Å². The molecular weight excluding hydrogens is 363 g/mol. The van der Waals surface area contributed by atoms with E-state index in [-0.39, 0.29) is 5.56 Å². The molecule has 0 aliphatic rings. The van der Waals surface area contributed by atoms with Gasteiger partial charge in [-0.3, -0.25) is 14.4 Å². The van der Waals surface area contributed by atoms with Crippen LogP contribution in [-0.4, -0.2) is 30.9 Å². The summed E-state index contributed by atoms with van der Waals surface area (Å²) in [4.78, 5) is 35.2. The highest BCUT2D eigenvalue weighted by Gasteiger charge is 2.14. The molecule has 26 heavy (non-hydrogen) atoms. The van der Waals surface area contributed by atoms with Crippen LogP contribution in [0.15, 0.2) is 42.5 Å². The predicted molar refractivity (Wildman–Crippen MR) is 94.5 cm³/mol. The Morgan fingerprint density at radius 2 is 1.85 bits per heavy atom. The Bertz CT molecular complexity index is 842. The van der Waals surface area contributed by atoms with E-state index in [1.54, 1.807) is 25.1 Å². The number of ether oxygens (including phenoxy) is 1. The summed E-state index contributed by atoms with van der Waals surface area (Å²) in [6, 6.07) is 10.4. The Hall–Kier alpha value is -2.93. The maximum atomic E-state index is 13.4. The van der Waals surface area contributed by atoms with Crippen LogP contribution < -0.4 is 10.6 Å². The minimum Gasteiger partial charge on any atom is -0.454 e. The van der Waals surface area contributed by atoms with Crippen LogP contribution in [0.2, 0.25) is 5.02 Å². The standard InChI is InChI=1S/C18H16ClFN2O4/c1-11-13(19)6-4-8-15(11)22-16(23)10-26-17(24)9-21-18(25)12-5-2-3-7-14(12)20/h2-8H,9-10H2,1H3,(H,21,25)(H,22,23). The van der Waals surface area contributed by atoms with E-state index < -0.39 is 36.8 Å². The number of rotatable bonds is 6. The maximum Gasteiger partial charge on any atom is 0.325 e. The molecule has 0 spiro atoms. The summed E-state index contributed by atoms with van der Waals surface area (Å²) >= 11 is 5.95. The van der Waals surface area contributed by atoms with Gasteiger partial charge < -0.3 is 15.4 Å². The van der Waals surface area contributed by atoms with Gasteiger partial charge in [-0.15, -0.1) is 0 Å². The first-order valence-corrected chi connectivity index (χ1v) is 7.99. The van der Waals surface area contributed by atoms with E-state index in [0.717, 1.165) is 6.07 Å². The molecule has 0 saturated heterocycles. The Morgan fingerprint density at radius 1 is 1.12 bits per heavy atom. The summed E-state index contributed by atoms with van der Waals surface area (Å²) in [5.74, 6) is -2.83. The maximum absolute atomic E-state index is 13.4. The van der Waals surface area contributed by atoms with Gasteiger partial charge in [0.1, 0.15) is 12.4 Å². The van der Waals surface area contributed by atoms with Gasteiger partial charge in [-0.1, -0.05) is 29.8 Å². The first-order valence-electron chi connectivity index (χ1n) is 7.62. The van der Waals surface area contributed by atoms with Crippen LogP contribution in [-0.2, 0) is 14.3 Å². The molecule has 0 aliphatic heterocycles. The molecule has 2 N–H and O–H groups in total. The smallest absolute Gasteiger partial charge is 0.325 e. The first-order chi connectivity index (χ1) is 12.4. The van der Waals surface area contributed by atoms with Crippen molar-refractivity contribution < 1.29 is 23.5 Å². The number of benzene rings is 2. The Balaban J connectivity index is 1.78. The number of hydrogen-bond acceptors (Lipinski definition) is 4. The zero-order valence-corrected chi connectivity index (χ0v) is 14.6. The summed E-state index contributed by atoms with van der Waals surface area (Å²) in [6.07, 6.45) is 0. The summed E-state index contributed by atoms with van der Waals surface area (Å²) in [5.41, 5.74) is 1.01. The first kappa shape index (κ1) is 19.4. The molecule has 2 aromatic rings. The fourth-order valence-corrected chi connectivity index (χ4v) is 2.19. The second-order valence-corrected chi connectivity index (χ2v) is 5.69. The number of hydrogen-bond donors (Lipinski definition) is 2. The number of anilines is 1. The normalized spacial score (nSPS) is 10.1. The Labute approximate surface area is 154 Å². The van der Waals surface area contributed by atoms with Crippen molar-refractivity contribution in [3.8, 4) is 0 Å². The average Bonchev–Trinajstić information content (AvgIpc) is 2.62. The van der Waals surface area contributed by atoms with Crippen LogP contribution in [0, 0.1) is 12.7 Å². The zero-order valence-electron chi connectivity index (χ0n) is 13.8. The molecule has 2 aromatic carbocycles. The zero-order chi connectivity index (χ0) is 19.1. The number of halogens is 2. The molecule has 136 valence electrons. The highest BCUT2D eigenvalue weighted by Crippen LogP contribution is 2.22. The Morgan fingerprint density at radius 3 is 2.58 bits per heavy atom. The van der Waals surface area contributed by atoms with Crippen molar-refractivity contribution in [2.75, 3.05) is 18.5 Å². The molecule has 2 amide bonds. The van der Waals surface area contributed by atoms with Crippen LogP contribution in [0.5, 0.6) is 0 Å². The molecule has 0 saturated carbocycles. The van der Waals surface area contributed by atoms with Gasteiger partial charge in [-0.2, -0.15) is 0 Å². The molecule has 0 aromatic heterocycles. The number of esters is 1. The van der Waals surface area contributed by atoms with Crippen molar-refractivity contribution >= 4 is 35.1 Å². The molecule has 0 radical (unpaired) electrons. The van der Waals surface area contributed by atoms with Crippen LogP contribution in [0.1, 0.15) is 15.9 Å². The van der Waals surface area contributed by atoms with Gasteiger partial charge in [0.25, 0.3) is 11.8 Å². The molecule has 6 nitrogen and oxygen atoms in total. The van der Waals surface area contributed by atoms with Crippen LogP contribution in [0.4, 0.5) is 10.1 Å². The number of carbonyl (C=O) groups excluding carboxylic acids is 3. The van der Waals surface area contributed by atoms with E-state index in [9.17, 15) is 18.8 Å². The summed E-state index contributed by atoms with van der Waals surface area (Å²) in [5, 5.41) is 5.29. The van der Waals surface area contributed by atoms with Gasteiger partial charge in [-0.25, -0.2) is 4.39 Å². The Kier molecular flexibility index (Phi) is 6.68. The van der Waals surface area contributed by atoms with Gasteiger partial charge in [0.15, 0.2) is 6.61 Å². The molecule has 0 heterocycles.